The van der Waals surface area contributed by atoms with Gasteiger partial charge in [-0.05, 0) is 26.8 Å². The molecule has 0 saturated heterocycles. The summed E-state index contributed by atoms with van der Waals surface area (Å²) < 4.78 is 5.09. The van der Waals surface area contributed by atoms with Crippen molar-refractivity contribution in [2.45, 2.75) is 20.8 Å². The van der Waals surface area contributed by atoms with Crippen LogP contribution in [0, 0.1) is 25.2 Å². The fourth-order valence-corrected chi connectivity index (χ4v) is 1.85. The van der Waals surface area contributed by atoms with Crippen molar-refractivity contribution >= 4 is 5.69 Å². The Kier molecular flexibility index (Phi) is 4.92. The van der Waals surface area contributed by atoms with E-state index in [1.165, 1.54) is 0 Å². The predicted octanol–water partition coefficient (Wildman–Crippen LogP) is 2.04. The highest BCUT2D eigenvalue weighted by Crippen LogP contribution is 2.22. The molecule has 92 valence electrons. The summed E-state index contributed by atoms with van der Waals surface area (Å²) in [6.45, 7) is 8.17. The summed E-state index contributed by atoms with van der Waals surface area (Å²) >= 11 is 0. The Labute approximate surface area is 103 Å². The highest BCUT2D eigenvalue weighted by molar-refractivity contribution is 5.61. The first-order chi connectivity index (χ1) is 8.13. The molecule has 0 aliphatic carbocycles. The Bertz CT molecular complexity index is 423. The van der Waals surface area contributed by atoms with Gasteiger partial charge in [-0.2, -0.15) is 5.26 Å². The molecule has 0 atom stereocenters. The second kappa shape index (κ2) is 6.21. The van der Waals surface area contributed by atoms with E-state index in [0.717, 1.165) is 30.2 Å². The molecule has 4 nitrogen and oxygen atoms in total. The van der Waals surface area contributed by atoms with Crippen LogP contribution in [0.3, 0.4) is 0 Å². The molecule has 0 N–H and O–H groups in total. The van der Waals surface area contributed by atoms with Crippen molar-refractivity contribution in [2.75, 3.05) is 31.7 Å². The van der Waals surface area contributed by atoms with Crippen molar-refractivity contribution in [2.24, 2.45) is 0 Å². The molecule has 0 amide bonds. The first-order valence-electron chi connectivity index (χ1n) is 5.76. The van der Waals surface area contributed by atoms with Gasteiger partial charge in [0.1, 0.15) is 6.07 Å². The van der Waals surface area contributed by atoms with Crippen LogP contribution >= 0.6 is 0 Å². The normalized spacial score (nSPS) is 10.1. The van der Waals surface area contributed by atoms with E-state index in [9.17, 15) is 5.26 Å². The minimum absolute atomic E-state index is 0.652. The summed E-state index contributed by atoms with van der Waals surface area (Å²) in [5.74, 6) is 0. The van der Waals surface area contributed by atoms with Gasteiger partial charge in [-0.3, -0.25) is 4.98 Å². The maximum absolute atomic E-state index is 9.21. The molecule has 0 radical (unpaired) electrons. The molecule has 0 saturated carbocycles. The standard InChI is InChI=1S/C13H19N3O/c1-5-16(6-7-17-4)13-8-10(2)15-11(3)12(13)9-14/h8H,5-7H2,1-4H3. The first-order valence-corrected chi connectivity index (χ1v) is 5.76. The second-order valence-corrected chi connectivity index (χ2v) is 3.93. The molecule has 0 aliphatic heterocycles. The van der Waals surface area contributed by atoms with Crippen LogP contribution < -0.4 is 4.90 Å². The summed E-state index contributed by atoms with van der Waals surface area (Å²) in [7, 11) is 1.68. The van der Waals surface area contributed by atoms with Gasteiger partial charge in [0.15, 0.2) is 0 Å². The third kappa shape index (κ3) is 3.18. The number of hydrogen-bond donors (Lipinski definition) is 0. The lowest BCUT2D eigenvalue weighted by Gasteiger charge is -2.24. The maximum Gasteiger partial charge on any atom is 0.103 e. The Morgan fingerprint density at radius 3 is 2.71 bits per heavy atom. The lowest BCUT2D eigenvalue weighted by molar-refractivity contribution is 0.205. The number of nitrogens with zero attached hydrogens (tertiary/aromatic N) is 3. The second-order valence-electron chi connectivity index (χ2n) is 3.93. The zero-order chi connectivity index (χ0) is 12.8. The van der Waals surface area contributed by atoms with Crippen molar-refractivity contribution < 1.29 is 4.74 Å². The van der Waals surface area contributed by atoms with Crippen LogP contribution in [-0.4, -0.2) is 31.8 Å². The SMILES string of the molecule is CCN(CCOC)c1cc(C)nc(C)c1C#N. The van der Waals surface area contributed by atoms with Crippen LogP contribution in [0.2, 0.25) is 0 Å². The molecule has 1 heterocycles. The van der Waals surface area contributed by atoms with Gasteiger partial charge in [0.25, 0.3) is 0 Å². The fraction of sp³-hybridized carbons (Fsp3) is 0.538. The van der Waals surface area contributed by atoms with Crippen molar-refractivity contribution in [3.05, 3.63) is 23.0 Å². The molecule has 4 heteroatoms. The molecular formula is C13H19N3O. The van der Waals surface area contributed by atoms with Gasteiger partial charge in [-0.1, -0.05) is 0 Å². The van der Waals surface area contributed by atoms with Gasteiger partial charge in [0, 0.05) is 25.9 Å². The number of aromatic nitrogens is 1. The highest BCUT2D eigenvalue weighted by Gasteiger charge is 2.13. The maximum atomic E-state index is 9.21. The molecule has 0 spiro atoms. The number of methoxy groups -OCH3 is 1. The van der Waals surface area contributed by atoms with Crippen LogP contribution in [-0.2, 0) is 4.74 Å². The molecule has 0 aromatic carbocycles. The van der Waals surface area contributed by atoms with Gasteiger partial charge in [0.2, 0.25) is 0 Å². The van der Waals surface area contributed by atoms with Crippen LogP contribution in [0.4, 0.5) is 5.69 Å². The fourth-order valence-electron chi connectivity index (χ4n) is 1.85. The van der Waals surface area contributed by atoms with Crippen molar-refractivity contribution in [3.63, 3.8) is 0 Å². The van der Waals surface area contributed by atoms with Gasteiger partial charge >= 0.3 is 0 Å². The lowest BCUT2D eigenvalue weighted by Crippen LogP contribution is -2.28. The molecule has 0 unspecified atom stereocenters. The molecule has 1 rings (SSSR count). The van der Waals surface area contributed by atoms with Crippen LogP contribution in [0.15, 0.2) is 6.07 Å². The molecule has 17 heavy (non-hydrogen) atoms. The van der Waals surface area contributed by atoms with E-state index < -0.39 is 0 Å². The first kappa shape index (κ1) is 13.5. The summed E-state index contributed by atoms with van der Waals surface area (Å²) in [5.41, 5.74) is 3.34. The third-order valence-corrected chi connectivity index (χ3v) is 2.71. The Morgan fingerprint density at radius 2 is 2.18 bits per heavy atom. The Morgan fingerprint density at radius 1 is 1.47 bits per heavy atom. The molecule has 0 bridgehead atoms. The topological polar surface area (TPSA) is 49.1 Å². The van der Waals surface area contributed by atoms with Crippen molar-refractivity contribution in [3.8, 4) is 6.07 Å². The van der Waals surface area contributed by atoms with E-state index in [4.69, 9.17) is 4.74 Å². The van der Waals surface area contributed by atoms with Crippen LogP contribution in [0.1, 0.15) is 23.9 Å². The predicted molar refractivity (Wildman–Crippen MR) is 68.2 cm³/mol. The van der Waals surface area contributed by atoms with Gasteiger partial charge < -0.3 is 9.64 Å². The number of rotatable bonds is 5. The quantitative estimate of drug-likeness (QED) is 0.781. The van der Waals surface area contributed by atoms with Crippen molar-refractivity contribution in [1.82, 2.24) is 4.98 Å². The average molecular weight is 233 g/mol. The number of ether oxygens (including phenoxy) is 1. The largest absolute Gasteiger partial charge is 0.383 e. The third-order valence-electron chi connectivity index (χ3n) is 2.71. The summed E-state index contributed by atoms with van der Waals surface area (Å²) in [6.07, 6.45) is 0. The Balaban J connectivity index is 3.13. The minimum atomic E-state index is 0.652. The number of nitriles is 1. The minimum Gasteiger partial charge on any atom is -0.383 e. The summed E-state index contributed by atoms with van der Waals surface area (Å²) in [6, 6.07) is 4.20. The summed E-state index contributed by atoms with van der Waals surface area (Å²) in [5, 5.41) is 9.21. The number of anilines is 1. The van der Waals surface area contributed by atoms with Gasteiger partial charge in [-0.15, -0.1) is 0 Å². The van der Waals surface area contributed by atoms with E-state index >= 15 is 0 Å². The average Bonchev–Trinajstić information content (AvgIpc) is 2.29. The number of pyridine rings is 1. The number of likely N-dealkylation sites (N-methyl/N-ethyl adjacent to an activating group) is 1. The molecule has 1 aromatic rings. The van der Waals surface area contributed by atoms with Gasteiger partial charge in [0.05, 0.1) is 23.6 Å². The van der Waals surface area contributed by atoms with E-state index in [1.807, 2.05) is 19.9 Å². The summed E-state index contributed by atoms with van der Waals surface area (Å²) in [4.78, 5) is 6.46. The zero-order valence-corrected chi connectivity index (χ0v) is 10.9. The smallest absolute Gasteiger partial charge is 0.103 e. The Hall–Kier alpha value is -1.60. The number of hydrogen-bond acceptors (Lipinski definition) is 4. The lowest BCUT2D eigenvalue weighted by atomic mass is 10.1. The van der Waals surface area contributed by atoms with E-state index in [2.05, 4.69) is 22.9 Å². The highest BCUT2D eigenvalue weighted by atomic mass is 16.5. The zero-order valence-electron chi connectivity index (χ0n) is 10.9. The molecular weight excluding hydrogens is 214 g/mol. The molecule has 0 fully saturated rings. The van der Waals surface area contributed by atoms with Crippen LogP contribution in [0.25, 0.3) is 0 Å². The van der Waals surface area contributed by atoms with E-state index in [0.29, 0.717) is 12.2 Å². The van der Waals surface area contributed by atoms with Crippen LogP contribution in [0.5, 0.6) is 0 Å². The molecule has 1 aromatic heterocycles. The number of aryl methyl sites for hydroxylation is 2. The molecule has 0 aliphatic rings. The monoisotopic (exact) mass is 233 g/mol. The van der Waals surface area contributed by atoms with E-state index in [-0.39, 0.29) is 0 Å². The van der Waals surface area contributed by atoms with E-state index in [1.54, 1.807) is 7.11 Å². The van der Waals surface area contributed by atoms with Gasteiger partial charge in [-0.25, -0.2) is 0 Å². The van der Waals surface area contributed by atoms with Crippen molar-refractivity contribution in [1.29, 1.82) is 5.26 Å².